The summed E-state index contributed by atoms with van der Waals surface area (Å²) in [7, 11) is 0. The van der Waals surface area contributed by atoms with Crippen LogP contribution in [0.2, 0.25) is 0 Å². The lowest BCUT2D eigenvalue weighted by molar-refractivity contribution is 0.0931. The summed E-state index contributed by atoms with van der Waals surface area (Å²) in [4.78, 5) is 19.5. The van der Waals surface area contributed by atoms with Gasteiger partial charge in [0.05, 0.1) is 12.3 Å². The zero-order valence-corrected chi connectivity index (χ0v) is 9.25. The fourth-order valence-corrected chi connectivity index (χ4v) is 1.40. The molecule has 0 bridgehead atoms. The second-order valence-electron chi connectivity index (χ2n) is 3.50. The predicted molar refractivity (Wildman–Crippen MR) is 61.0 cm³/mol. The molecular formula is C11H12N4O2. The average Bonchev–Trinajstić information content (AvgIpc) is 2.82. The fraction of sp³-hybridized carbons (Fsp3) is 0.182. The lowest BCUT2D eigenvalue weighted by atomic mass is 10.2. The highest BCUT2D eigenvalue weighted by atomic mass is 16.3. The highest BCUT2D eigenvalue weighted by Gasteiger charge is 2.16. The van der Waals surface area contributed by atoms with Gasteiger partial charge in [-0.2, -0.15) is 0 Å². The van der Waals surface area contributed by atoms with Crippen LogP contribution in [-0.2, 0) is 0 Å². The van der Waals surface area contributed by atoms with Gasteiger partial charge in [0, 0.05) is 12.4 Å². The molecule has 2 aromatic heterocycles. The Bertz CT molecular complexity index is 510. The smallest absolute Gasteiger partial charge is 0.274 e. The number of rotatable bonds is 3. The van der Waals surface area contributed by atoms with E-state index in [0.717, 1.165) is 0 Å². The highest BCUT2D eigenvalue weighted by molar-refractivity contribution is 5.96. The van der Waals surface area contributed by atoms with E-state index < -0.39 is 0 Å². The van der Waals surface area contributed by atoms with Crippen molar-refractivity contribution in [1.29, 1.82) is 0 Å². The highest BCUT2D eigenvalue weighted by Crippen LogP contribution is 2.13. The summed E-state index contributed by atoms with van der Waals surface area (Å²) >= 11 is 0. The summed E-state index contributed by atoms with van der Waals surface area (Å²) in [6, 6.07) is 3.29. The van der Waals surface area contributed by atoms with Crippen LogP contribution in [-0.4, -0.2) is 15.9 Å². The van der Waals surface area contributed by atoms with Crippen molar-refractivity contribution in [2.75, 3.05) is 5.73 Å². The van der Waals surface area contributed by atoms with Gasteiger partial charge in [0.1, 0.15) is 5.76 Å². The number of carbonyl (C=O) groups excluding carboxylic acids is 1. The minimum atomic E-state index is -0.375. The van der Waals surface area contributed by atoms with Crippen LogP contribution >= 0.6 is 0 Å². The Kier molecular flexibility index (Phi) is 3.04. The van der Waals surface area contributed by atoms with Crippen molar-refractivity contribution in [3.05, 3.63) is 42.2 Å². The molecule has 0 aliphatic rings. The van der Waals surface area contributed by atoms with Crippen LogP contribution in [0, 0.1) is 0 Å². The van der Waals surface area contributed by atoms with E-state index in [1.54, 1.807) is 18.4 Å². The molecule has 6 nitrogen and oxygen atoms in total. The largest absolute Gasteiger partial charge is 0.467 e. The van der Waals surface area contributed by atoms with Gasteiger partial charge in [-0.05, 0) is 19.1 Å². The van der Waals surface area contributed by atoms with Crippen LogP contribution in [0.15, 0.2) is 35.2 Å². The van der Waals surface area contributed by atoms with E-state index in [1.807, 2.05) is 6.92 Å². The summed E-state index contributed by atoms with van der Waals surface area (Å²) in [6.07, 6.45) is 4.40. The first-order valence-electron chi connectivity index (χ1n) is 5.09. The topological polar surface area (TPSA) is 94.0 Å². The van der Waals surface area contributed by atoms with Crippen molar-refractivity contribution in [2.24, 2.45) is 0 Å². The van der Waals surface area contributed by atoms with Crippen molar-refractivity contribution in [3.63, 3.8) is 0 Å². The molecule has 0 spiro atoms. The first-order chi connectivity index (χ1) is 8.18. The van der Waals surface area contributed by atoms with Gasteiger partial charge in [-0.3, -0.25) is 4.79 Å². The van der Waals surface area contributed by atoms with Crippen LogP contribution in [0.25, 0.3) is 0 Å². The molecular weight excluding hydrogens is 220 g/mol. The molecule has 0 fully saturated rings. The van der Waals surface area contributed by atoms with Gasteiger partial charge in [-0.15, -0.1) is 0 Å². The van der Waals surface area contributed by atoms with E-state index in [2.05, 4.69) is 15.3 Å². The fourth-order valence-electron chi connectivity index (χ4n) is 1.40. The summed E-state index contributed by atoms with van der Waals surface area (Å²) in [5.41, 5.74) is 5.67. The summed E-state index contributed by atoms with van der Waals surface area (Å²) < 4.78 is 5.18. The molecule has 1 atom stereocenters. The van der Waals surface area contributed by atoms with Crippen LogP contribution < -0.4 is 11.1 Å². The molecule has 2 aromatic rings. The monoisotopic (exact) mass is 232 g/mol. The van der Waals surface area contributed by atoms with Gasteiger partial charge < -0.3 is 15.5 Å². The minimum Gasteiger partial charge on any atom is -0.467 e. The molecule has 0 aliphatic carbocycles. The van der Waals surface area contributed by atoms with Gasteiger partial charge in [-0.1, -0.05) is 0 Å². The van der Waals surface area contributed by atoms with Crippen LogP contribution in [0.3, 0.4) is 0 Å². The molecule has 17 heavy (non-hydrogen) atoms. The van der Waals surface area contributed by atoms with Crippen LogP contribution in [0.5, 0.6) is 0 Å². The molecule has 0 radical (unpaired) electrons. The predicted octanol–water partition coefficient (Wildman–Crippen LogP) is 1.14. The van der Waals surface area contributed by atoms with E-state index in [1.165, 1.54) is 12.4 Å². The number of carbonyl (C=O) groups is 1. The second kappa shape index (κ2) is 4.65. The number of aromatic nitrogens is 2. The van der Waals surface area contributed by atoms with Crippen molar-refractivity contribution in [3.8, 4) is 0 Å². The number of nitrogen functional groups attached to an aromatic ring is 1. The number of hydrogen-bond acceptors (Lipinski definition) is 5. The zero-order chi connectivity index (χ0) is 12.3. The number of furan rings is 1. The molecule has 1 amide bonds. The molecule has 0 saturated heterocycles. The number of nitrogens with zero attached hydrogens (tertiary/aromatic N) is 2. The van der Waals surface area contributed by atoms with Crippen molar-refractivity contribution >= 4 is 11.7 Å². The normalized spacial score (nSPS) is 12.1. The Hall–Kier alpha value is -2.37. The van der Waals surface area contributed by atoms with Crippen LogP contribution in [0.1, 0.15) is 29.2 Å². The maximum atomic E-state index is 11.8. The van der Waals surface area contributed by atoms with E-state index >= 15 is 0 Å². The minimum absolute atomic E-state index is 0.108. The molecule has 0 unspecified atom stereocenters. The van der Waals surface area contributed by atoms with Gasteiger partial charge in [0.25, 0.3) is 5.91 Å². The second-order valence-corrected chi connectivity index (χ2v) is 3.50. The Balaban J connectivity index is 2.10. The lowest BCUT2D eigenvalue weighted by Gasteiger charge is -2.11. The summed E-state index contributed by atoms with van der Waals surface area (Å²) in [5.74, 6) is 0.400. The van der Waals surface area contributed by atoms with E-state index in [0.29, 0.717) is 5.76 Å². The molecule has 6 heteroatoms. The molecule has 2 rings (SSSR count). The Labute approximate surface area is 97.9 Å². The maximum absolute atomic E-state index is 11.8. The Morgan fingerprint density at radius 2 is 2.24 bits per heavy atom. The van der Waals surface area contributed by atoms with E-state index in [4.69, 9.17) is 10.2 Å². The first kappa shape index (κ1) is 11.1. The maximum Gasteiger partial charge on any atom is 0.274 e. The average molecular weight is 232 g/mol. The van der Waals surface area contributed by atoms with Crippen molar-refractivity contribution in [2.45, 2.75) is 13.0 Å². The number of nitrogens with two attached hydrogens (primary N) is 1. The van der Waals surface area contributed by atoms with Gasteiger partial charge in [0.2, 0.25) is 0 Å². The van der Waals surface area contributed by atoms with Crippen molar-refractivity contribution < 1.29 is 9.21 Å². The Morgan fingerprint density at radius 1 is 1.47 bits per heavy atom. The number of hydrogen-bond donors (Lipinski definition) is 2. The van der Waals surface area contributed by atoms with E-state index in [9.17, 15) is 4.79 Å². The number of amides is 1. The SMILES string of the molecule is C[C@@H](NC(=O)c1nccnc1N)c1ccco1. The lowest BCUT2D eigenvalue weighted by Crippen LogP contribution is -2.28. The third-order valence-corrected chi connectivity index (χ3v) is 2.26. The summed E-state index contributed by atoms with van der Waals surface area (Å²) in [6.45, 7) is 1.81. The van der Waals surface area contributed by atoms with Crippen LogP contribution in [0.4, 0.5) is 5.82 Å². The number of nitrogens with one attached hydrogen (secondary N) is 1. The van der Waals surface area contributed by atoms with Gasteiger partial charge in [-0.25, -0.2) is 9.97 Å². The Morgan fingerprint density at radius 3 is 2.88 bits per heavy atom. The van der Waals surface area contributed by atoms with Crippen molar-refractivity contribution in [1.82, 2.24) is 15.3 Å². The summed E-state index contributed by atoms with van der Waals surface area (Å²) in [5, 5.41) is 2.72. The molecule has 0 aliphatic heterocycles. The molecule has 3 N–H and O–H groups in total. The molecule has 0 aromatic carbocycles. The molecule has 2 heterocycles. The third kappa shape index (κ3) is 2.41. The van der Waals surface area contributed by atoms with E-state index in [-0.39, 0.29) is 23.5 Å². The number of anilines is 1. The molecule has 88 valence electrons. The first-order valence-corrected chi connectivity index (χ1v) is 5.09. The third-order valence-electron chi connectivity index (χ3n) is 2.26. The molecule has 0 saturated carbocycles. The van der Waals surface area contributed by atoms with Gasteiger partial charge >= 0.3 is 0 Å². The quantitative estimate of drug-likeness (QED) is 0.827. The standard InChI is InChI=1S/C11H12N4O2/c1-7(8-3-2-6-17-8)15-11(16)9-10(12)14-5-4-13-9/h2-7H,1H3,(H2,12,14)(H,15,16)/t7-/m1/s1. The van der Waals surface area contributed by atoms with Gasteiger partial charge in [0.15, 0.2) is 11.5 Å². The zero-order valence-electron chi connectivity index (χ0n) is 9.25.